The molecule has 1 fully saturated rings. The molecule has 1 aromatic heterocycles. The van der Waals surface area contributed by atoms with Crippen molar-refractivity contribution in [3.63, 3.8) is 0 Å². The van der Waals surface area contributed by atoms with Crippen LogP contribution in [0.3, 0.4) is 0 Å². The van der Waals surface area contributed by atoms with Gasteiger partial charge in [0.05, 0.1) is 38.1 Å². The van der Waals surface area contributed by atoms with Gasteiger partial charge in [-0.1, -0.05) is 36.2 Å². The lowest BCUT2D eigenvalue weighted by Crippen LogP contribution is -2.33. The van der Waals surface area contributed by atoms with E-state index in [1.165, 1.54) is 12.1 Å². The first-order valence-corrected chi connectivity index (χ1v) is 13.3. The molecular weight excluding hydrogens is 527 g/mol. The van der Waals surface area contributed by atoms with Crippen LogP contribution in [0.5, 0.6) is 0 Å². The molecule has 1 aliphatic carbocycles. The Morgan fingerprint density at radius 3 is 2.60 bits per heavy atom. The average Bonchev–Trinajstić information content (AvgIpc) is 3.29. The molecule has 2 aromatic carbocycles. The van der Waals surface area contributed by atoms with Gasteiger partial charge in [-0.15, -0.1) is 0 Å². The molecule has 7 nitrogen and oxygen atoms in total. The number of carbonyl (C=O) groups is 1. The van der Waals surface area contributed by atoms with Gasteiger partial charge in [-0.2, -0.15) is 13.2 Å². The lowest BCUT2D eigenvalue weighted by molar-refractivity contribution is -0.158. The number of nitrogens with zero attached hydrogens (tertiary/aromatic N) is 1. The Morgan fingerprint density at radius 2 is 1.90 bits per heavy atom. The van der Waals surface area contributed by atoms with Gasteiger partial charge < -0.3 is 23.7 Å². The number of aliphatic carboxylic acids is 1. The maximum atomic E-state index is 12.7. The molecule has 0 aliphatic heterocycles. The van der Waals surface area contributed by atoms with E-state index in [0.29, 0.717) is 24.7 Å². The number of aryl methyl sites for hydroxylation is 2. The highest BCUT2D eigenvalue weighted by Gasteiger charge is 2.30. The van der Waals surface area contributed by atoms with E-state index < -0.39 is 23.8 Å². The van der Waals surface area contributed by atoms with E-state index in [4.69, 9.17) is 18.6 Å². The van der Waals surface area contributed by atoms with Crippen LogP contribution in [0.25, 0.3) is 11.5 Å². The molecule has 1 N–H and O–H groups in total. The molecule has 0 spiro atoms. The van der Waals surface area contributed by atoms with Gasteiger partial charge in [-0.25, -0.2) is 9.78 Å². The quantitative estimate of drug-likeness (QED) is 0.262. The van der Waals surface area contributed by atoms with Crippen LogP contribution in [0.2, 0.25) is 0 Å². The molecule has 1 saturated carbocycles. The maximum absolute atomic E-state index is 12.7. The number of benzene rings is 2. The molecule has 1 aliphatic rings. The summed E-state index contributed by atoms with van der Waals surface area (Å²) < 4.78 is 61.4. The molecular formula is C30H34F3NO6. The summed E-state index contributed by atoms with van der Waals surface area (Å²) in [5.41, 5.74) is 2.48. The molecule has 40 heavy (non-hydrogen) atoms. The number of hydrogen-bond donors (Lipinski definition) is 1. The minimum Gasteiger partial charge on any atom is -0.479 e. The van der Waals surface area contributed by atoms with Crippen molar-refractivity contribution < 1.29 is 41.7 Å². The third-order valence-corrected chi connectivity index (χ3v) is 6.98. The summed E-state index contributed by atoms with van der Waals surface area (Å²) in [4.78, 5) is 16.3. The summed E-state index contributed by atoms with van der Waals surface area (Å²) in [7, 11) is 0. The Balaban J connectivity index is 1.21. The minimum atomic E-state index is -4.43. The predicted molar refractivity (Wildman–Crippen MR) is 140 cm³/mol. The standard InChI is InChI=1S/C30H34F3NO6/c1-19-5-3-7-23(13-19)28-34-26(20(2)40-28)17-37-15-22-6-4-8-25(14-22)38-18-27(29(35)36)39-16-21-9-11-24(12-10-21)30(31,32)33/h3,5,7,9-13,22,25,27H,4,6,8,14-18H2,1-2H3,(H,35,36)/t22-,25+,27+/m0/s1. The average molecular weight is 562 g/mol. The number of alkyl halides is 3. The van der Waals surface area contributed by atoms with Gasteiger partial charge in [0.25, 0.3) is 0 Å². The molecule has 4 rings (SSSR count). The van der Waals surface area contributed by atoms with Crippen LogP contribution >= 0.6 is 0 Å². The van der Waals surface area contributed by atoms with Crippen LogP contribution in [0.4, 0.5) is 13.2 Å². The topological polar surface area (TPSA) is 91.0 Å². The first-order chi connectivity index (χ1) is 19.1. The molecule has 216 valence electrons. The Labute approximate surface area is 231 Å². The number of carboxylic acids is 1. The number of halogens is 3. The molecule has 3 atom stereocenters. The number of aromatic nitrogens is 1. The van der Waals surface area contributed by atoms with Crippen LogP contribution in [-0.2, 0) is 38.4 Å². The van der Waals surface area contributed by atoms with Gasteiger partial charge in [0.15, 0.2) is 6.10 Å². The first-order valence-electron chi connectivity index (χ1n) is 13.3. The number of hydrogen-bond acceptors (Lipinski definition) is 6. The van der Waals surface area contributed by atoms with E-state index in [2.05, 4.69) is 4.98 Å². The molecule has 0 saturated heterocycles. The minimum absolute atomic E-state index is 0.124. The Hall–Kier alpha value is -3.21. The molecule has 0 radical (unpaired) electrons. The molecule has 0 amide bonds. The van der Waals surface area contributed by atoms with Crippen LogP contribution in [0.1, 0.15) is 53.8 Å². The second kappa shape index (κ2) is 13.4. The number of carboxylic acid groups (broad SMARTS) is 1. The maximum Gasteiger partial charge on any atom is 0.416 e. The highest BCUT2D eigenvalue weighted by molar-refractivity contribution is 5.72. The Bertz CT molecular complexity index is 1260. The lowest BCUT2D eigenvalue weighted by atomic mass is 9.88. The SMILES string of the molecule is Cc1cccc(-c2nc(COC[C@H]3CCC[C@@H](OC[C@@H](OCc4ccc(C(F)(F)F)cc4)C(=O)O)C3)c(C)o2)c1. The number of rotatable bonds is 12. The van der Waals surface area contributed by atoms with Crippen molar-refractivity contribution in [3.8, 4) is 11.5 Å². The zero-order valence-corrected chi connectivity index (χ0v) is 22.6. The smallest absolute Gasteiger partial charge is 0.416 e. The van der Waals surface area contributed by atoms with E-state index in [0.717, 1.165) is 60.4 Å². The van der Waals surface area contributed by atoms with E-state index in [1.807, 2.05) is 38.1 Å². The zero-order valence-electron chi connectivity index (χ0n) is 22.6. The van der Waals surface area contributed by atoms with Gasteiger partial charge in [-0.3, -0.25) is 0 Å². The van der Waals surface area contributed by atoms with E-state index in [1.54, 1.807) is 0 Å². The predicted octanol–water partition coefficient (Wildman–Crippen LogP) is 6.74. The van der Waals surface area contributed by atoms with Crippen LogP contribution in [0.15, 0.2) is 52.9 Å². The normalized spacial score (nSPS) is 18.5. The van der Waals surface area contributed by atoms with Crippen LogP contribution in [0, 0.1) is 19.8 Å². The van der Waals surface area contributed by atoms with Crippen molar-refractivity contribution in [2.75, 3.05) is 13.2 Å². The van der Waals surface area contributed by atoms with Gasteiger partial charge in [0.2, 0.25) is 5.89 Å². The molecule has 0 bridgehead atoms. The first kappa shape index (κ1) is 29.8. The van der Waals surface area contributed by atoms with Crippen LogP contribution in [-0.4, -0.2) is 41.5 Å². The summed E-state index contributed by atoms with van der Waals surface area (Å²) in [6.45, 7) is 4.47. The molecule has 3 aromatic rings. The van der Waals surface area contributed by atoms with E-state index in [9.17, 15) is 23.1 Å². The van der Waals surface area contributed by atoms with Crippen molar-refractivity contribution in [1.29, 1.82) is 0 Å². The van der Waals surface area contributed by atoms with Crippen LogP contribution < -0.4 is 0 Å². The second-order valence-corrected chi connectivity index (χ2v) is 10.2. The monoisotopic (exact) mass is 561 g/mol. The molecule has 0 unspecified atom stereocenters. The summed E-state index contributed by atoms with van der Waals surface area (Å²) in [5, 5.41) is 9.53. The fourth-order valence-corrected chi connectivity index (χ4v) is 4.73. The largest absolute Gasteiger partial charge is 0.479 e. The van der Waals surface area contributed by atoms with E-state index >= 15 is 0 Å². The summed E-state index contributed by atoms with van der Waals surface area (Å²) in [6, 6.07) is 12.4. The second-order valence-electron chi connectivity index (χ2n) is 10.2. The van der Waals surface area contributed by atoms with E-state index in [-0.39, 0.29) is 25.2 Å². The third kappa shape index (κ3) is 8.39. The van der Waals surface area contributed by atoms with Gasteiger partial charge in [-0.05, 0) is 68.9 Å². The number of oxazole rings is 1. The fourth-order valence-electron chi connectivity index (χ4n) is 4.73. The van der Waals surface area contributed by atoms with Crippen molar-refractivity contribution in [2.24, 2.45) is 5.92 Å². The summed E-state index contributed by atoms with van der Waals surface area (Å²) in [6.07, 6.45) is -2.32. The summed E-state index contributed by atoms with van der Waals surface area (Å²) in [5.74, 6) is 0.367. The van der Waals surface area contributed by atoms with Gasteiger partial charge >= 0.3 is 12.1 Å². The highest BCUT2D eigenvalue weighted by atomic mass is 19.4. The van der Waals surface area contributed by atoms with Crippen molar-refractivity contribution in [3.05, 3.63) is 76.7 Å². The fraction of sp³-hybridized carbons (Fsp3) is 0.467. The zero-order chi connectivity index (χ0) is 28.7. The summed E-state index contributed by atoms with van der Waals surface area (Å²) >= 11 is 0. The van der Waals surface area contributed by atoms with Gasteiger partial charge in [0.1, 0.15) is 11.5 Å². The third-order valence-electron chi connectivity index (χ3n) is 6.98. The Morgan fingerprint density at radius 1 is 1.12 bits per heavy atom. The molecule has 10 heteroatoms. The lowest BCUT2D eigenvalue weighted by Gasteiger charge is -2.29. The van der Waals surface area contributed by atoms with Crippen molar-refractivity contribution in [1.82, 2.24) is 4.98 Å². The van der Waals surface area contributed by atoms with Crippen molar-refractivity contribution in [2.45, 2.75) is 71.1 Å². The Kier molecular flexibility index (Phi) is 9.99. The van der Waals surface area contributed by atoms with Crippen molar-refractivity contribution >= 4 is 5.97 Å². The van der Waals surface area contributed by atoms with Gasteiger partial charge in [0, 0.05) is 5.56 Å². The molecule has 1 heterocycles. The number of ether oxygens (including phenoxy) is 3. The highest BCUT2D eigenvalue weighted by Crippen LogP contribution is 2.30.